The van der Waals surface area contributed by atoms with E-state index in [1.165, 1.54) is 0 Å². The van der Waals surface area contributed by atoms with Crippen LogP contribution in [0.5, 0.6) is 0 Å². The lowest BCUT2D eigenvalue weighted by molar-refractivity contribution is -0.208. The predicted molar refractivity (Wildman–Crippen MR) is 86.0 cm³/mol. The highest BCUT2D eigenvalue weighted by molar-refractivity contribution is 6.12. The Balaban J connectivity index is 2.02. The number of ketones is 2. The van der Waals surface area contributed by atoms with Gasteiger partial charge in [-0.3, -0.25) is 28.8 Å². The molecule has 0 heterocycles. The molecule has 3 aliphatic rings. The molecule has 152 valence electrons. The summed E-state index contributed by atoms with van der Waals surface area (Å²) in [5.74, 6) is -13.4. The smallest absolute Gasteiger partial charge is 0.310 e. The number of hydrogen-bond acceptors (Lipinski definition) is 10. The predicted octanol–water partition coefficient (Wildman–Crippen LogP) is -1.21. The minimum absolute atomic E-state index is 0.527. The Morgan fingerprint density at radius 2 is 0.679 bits per heavy atom. The molecule has 10 nitrogen and oxygen atoms in total. The zero-order valence-electron chi connectivity index (χ0n) is 15.7. The van der Waals surface area contributed by atoms with Gasteiger partial charge in [-0.15, -0.1) is 0 Å². The van der Waals surface area contributed by atoms with Crippen molar-refractivity contribution >= 4 is 35.4 Å². The van der Waals surface area contributed by atoms with Crippen LogP contribution in [0, 0.1) is 47.3 Å². The maximum absolute atomic E-state index is 13.1. The fourth-order valence-electron chi connectivity index (χ4n) is 5.07. The molecule has 0 spiro atoms. The van der Waals surface area contributed by atoms with Crippen LogP contribution in [-0.4, -0.2) is 63.9 Å². The molecule has 0 unspecified atom stereocenters. The molecular weight excluding hydrogens is 376 g/mol. The molecule has 0 amide bonds. The summed E-state index contributed by atoms with van der Waals surface area (Å²) in [5, 5.41) is 0. The topological polar surface area (TPSA) is 139 Å². The zero-order chi connectivity index (χ0) is 20.9. The highest BCUT2D eigenvalue weighted by Crippen LogP contribution is 2.62. The molecule has 0 aromatic rings. The summed E-state index contributed by atoms with van der Waals surface area (Å²) in [6.45, 7) is 0. The van der Waals surface area contributed by atoms with Gasteiger partial charge in [-0.1, -0.05) is 0 Å². The Morgan fingerprint density at radius 1 is 0.500 bits per heavy atom. The molecule has 0 aromatic carbocycles. The van der Waals surface area contributed by atoms with Crippen molar-refractivity contribution in [3.63, 3.8) is 0 Å². The van der Waals surface area contributed by atoms with Crippen LogP contribution in [0.1, 0.15) is 0 Å². The molecule has 28 heavy (non-hydrogen) atoms. The first-order valence-electron chi connectivity index (χ1n) is 8.65. The molecule has 0 aliphatic heterocycles. The van der Waals surface area contributed by atoms with Gasteiger partial charge in [0, 0.05) is 23.7 Å². The van der Waals surface area contributed by atoms with Gasteiger partial charge in [0.15, 0.2) is 0 Å². The monoisotopic (exact) mass is 396 g/mol. The first kappa shape index (κ1) is 20.0. The highest BCUT2D eigenvalue weighted by Gasteiger charge is 2.76. The average Bonchev–Trinajstić information content (AvgIpc) is 2.64. The molecule has 0 radical (unpaired) electrons. The number of esters is 4. The van der Waals surface area contributed by atoms with Gasteiger partial charge in [0.25, 0.3) is 0 Å². The number of hydrogen-bond donors (Lipinski definition) is 0. The Hall–Kier alpha value is -2.78. The zero-order valence-corrected chi connectivity index (χ0v) is 15.7. The number of carbonyl (C=O) groups is 6. The highest BCUT2D eigenvalue weighted by atomic mass is 16.5. The van der Waals surface area contributed by atoms with Gasteiger partial charge in [0.05, 0.1) is 52.1 Å². The van der Waals surface area contributed by atoms with Gasteiger partial charge in [-0.25, -0.2) is 0 Å². The molecule has 3 rings (SSSR count). The second-order valence-electron chi connectivity index (χ2n) is 7.10. The Morgan fingerprint density at radius 3 is 0.821 bits per heavy atom. The molecule has 0 aromatic heterocycles. The molecular formula is C18H20O10. The molecule has 8 atom stereocenters. The first-order valence-corrected chi connectivity index (χ1v) is 8.65. The van der Waals surface area contributed by atoms with E-state index in [0.29, 0.717) is 0 Å². The van der Waals surface area contributed by atoms with E-state index in [9.17, 15) is 28.8 Å². The van der Waals surface area contributed by atoms with Crippen LogP contribution in [0.2, 0.25) is 0 Å². The molecule has 3 aliphatic carbocycles. The van der Waals surface area contributed by atoms with Gasteiger partial charge in [-0.05, 0) is 0 Å². The van der Waals surface area contributed by atoms with Gasteiger partial charge >= 0.3 is 23.9 Å². The normalized spacial score (nSPS) is 38.0. The fraction of sp³-hybridized carbons (Fsp3) is 0.667. The Kier molecular flexibility index (Phi) is 4.99. The van der Waals surface area contributed by atoms with Crippen molar-refractivity contribution in [2.45, 2.75) is 0 Å². The Bertz CT molecular complexity index is 646. The number of rotatable bonds is 4. The number of carbonyl (C=O) groups excluding carboxylic acids is 6. The summed E-state index contributed by atoms with van der Waals surface area (Å²) in [6, 6.07) is 0. The van der Waals surface area contributed by atoms with Gasteiger partial charge in [-0.2, -0.15) is 0 Å². The van der Waals surface area contributed by atoms with Crippen LogP contribution in [-0.2, 0) is 47.7 Å². The SMILES string of the molecule is COC(=O)[C@@H]1[C@H](C(=O)OC)[C@@H]2C(=O)[C@@H]3[C@H](C(=O)OC)[C@H](C(=O)OC)[C@@H]3C(=O)[C@H]12. The van der Waals surface area contributed by atoms with E-state index in [1.807, 2.05) is 0 Å². The second kappa shape index (κ2) is 6.99. The van der Waals surface area contributed by atoms with Crippen LogP contribution in [0.4, 0.5) is 0 Å². The van der Waals surface area contributed by atoms with Gasteiger partial charge < -0.3 is 18.9 Å². The molecule has 0 bridgehead atoms. The third kappa shape index (κ3) is 2.39. The van der Waals surface area contributed by atoms with Crippen molar-refractivity contribution in [3.8, 4) is 0 Å². The van der Waals surface area contributed by atoms with E-state index in [0.717, 1.165) is 28.4 Å². The number of ether oxygens (including phenoxy) is 4. The molecule has 3 saturated carbocycles. The van der Waals surface area contributed by atoms with Crippen LogP contribution in [0.15, 0.2) is 0 Å². The van der Waals surface area contributed by atoms with Gasteiger partial charge in [0.2, 0.25) is 0 Å². The van der Waals surface area contributed by atoms with Crippen molar-refractivity contribution in [1.82, 2.24) is 0 Å². The quantitative estimate of drug-likeness (QED) is 0.420. The van der Waals surface area contributed by atoms with Crippen LogP contribution >= 0.6 is 0 Å². The summed E-state index contributed by atoms with van der Waals surface area (Å²) in [6.07, 6.45) is 0. The van der Waals surface area contributed by atoms with Crippen LogP contribution < -0.4 is 0 Å². The van der Waals surface area contributed by atoms with Crippen LogP contribution in [0.25, 0.3) is 0 Å². The average molecular weight is 396 g/mol. The van der Waals surface area contributed by atoms with Gasteiger partial charge in [0.1, 0.15) is 11.6 Å². The molecule has 10 heteroatoms. The van der Waals surface area contributed by atoms with E-state index in [2.05, 4.69) is 18.9 Å². The summed E-state index contributed by atoms with van der Waals surface area (Å²) in [5.41, 5.74) is 0. The molecule has 0 saturated heterocycles. The first-order chi connectivity index (χ1) is 13.3. The summed E-state index contributed by atoms with van der Waals surface area (Å²) in [7, 11) is 4.43. The Labute approximate surface area is 159 Å². The lowest BCUT2D eigenvalue weighted by atomic mass is 9.39. The van der Waals surface area contributed by atoms with E-state index in [-0.39, 0.29) is 0 Å². The molecule has 0 N–H and O–H groups in total. The maximum atomic E-state index is 13.1. The largest absolute Gasteiger partial charge is 0.469 e. The summed E-state index contributed by atoms with van der Waals surface area (Å²) >= 11 is 0. The van der Waals surface area contributed by atoms with Crippen molar-refractivity contribution in [1.29, 1.82) is 0 Å². The molecule has 3 fully saturated rings. The van der Waals surface area contributed by atoms with E-state index < -0.39 is 82.8 Å². The maximum Gasteiger partial charge on any atom is 0.310 e. The number of Topliss-reactive ketones (excluding diaryl/α,β-unsaturated/α-hetero) is 2. The van der Waals surface area contributed by atoms with E-state index >= 15 is 0 Å². The summed E-state index contributed by atoms with van der Waals surface area (Å²) in [4.78, 5) is 74.9. The van der Waals surface area contributed by atoms with Crippen molar-refractivity contribution in [3.05, 3.63) is 0 Å². The standard InChI is InChI=1S/C18H20O10/c1-25-15(21)9-5-6(10(9)16(22)26-2)14(20)8-7(13(5)19)11(17(23)27-3)12(8)18(24)28-4/h5-12H,1-4H3/t5-,6+,7+,8-,9-,10+,11+,12-. The number of methoxy groups -OCH3 is 4. The minimum atomic E-state index is -1.17. The van der Waals surface area contributed by atoms with Crippen molar-refractivity contribution < 1.29 is 47.7 Å². The van der Waals surface area contributed by atoms with Crippen molar-refractivity contribution in [2.24, 2.45) is 47.3 Å². The lowest BCUT2D eigenvalue weighted by Crippen LogP contribution is -2.73. The van der Waals surface area contributed by atoms with E-state index in [4.69, 9.17) is 0 Å². The summed E-state index contributed by atoms with van der Waals surface area (Å²) < 4.78 is 18.8. The third-order valence-electron chi connectivity index (χ3n) is 6.30. The third-order valence-corrected chi connectivity index (χ3v) is 6.30. The number of fused-ring (bicyclic) bond motifs is 2. The van der Waals surface area contributed by atoms with E-state index in [1.54, 1.807) is 0 Å². The minimum Gasteiger partial charge on any atom is -0.469 e. The van der Waals surface area contributed by atoms with Crippen LogP contribution in [0.3, 0.4) is 0 Å². The fourth-order valence-corrected chi connectivity index (χ4v) is 5.07. The van der Waals surface area contributed by atoms with Crippen molar-refractivity contribution in [2.75, 3.05) is 28.4 Å². The second-order valence-corrected chi connectivity index (χ2v) is 7.10. The lowest BCUT2D eigenvalue weighted by Gasteiger charge is -2.59.